The molecule has 2 aliphatic carbocycles. The predicted molar refractivity (Wildman–Crippen MR) is 76.2 cm³/mol. The van der Waals surface area contributed by atoms with E-state index in [0.717, 1.165) is 17.9 Å². The van der Waals surface area contributed by atoms with Gasteiger partial charge in [0.1, 0.15) is 11.5 Å². The fourth-order valence-corrected chi connectivity index (χ4v) is 4.74. The molecule has 0 radical (unpaired) electrons. The topological polar surface area (TPSA) is 40.5 Å². The summed E-state index contributed by atoms with van der Waals surface area (Å²) in [5.41, 5.74) is 1.89. The van der Waals surface area contributed by atoms with Crippen LogP contribution >= 0.6 is 0 Å². The van der Waals surface area contributed by atoms with E-state index in [4.69, 9.17) is 0 Å². The molecule has 1 aromatic rings. The van der Waals surface area contributed by atoms with Crippen LogP contribution in [0.5, 0.6) is 11.5 Å². The molecule has 2 nitrogen and oxygen atoms in total. The zero-order valence-electron chi connectivity index (χ0n) is 12.1. The van der Waals surface area contributed by atoms with Gasteiger partial charge in [0.15, 0.2) is 0 Å². The quantitative estimate of drug-likeness (QED) is 0.840. The monoisotopic (exact) mass is 260 g/mol. The lowest BCUT2D eigenvalue weighted by molar-refractivity contribution is 0.103. The second kappa shape index (κ2) is 3.91. The van der Waals surface area contributed by atoms with Crippen molar-refractivity contribution in [2.45, 2.75) is 46.5 Å². The summed E-state index contributed by atoms with van der Waals surface area (Å²) in [6.07, 6.45) is 4.95. The summed E-state index contributed by atoms with van der Waals surface area (Å²) in [7, 11) is 0. The Labute approximate surface area is 115 Å². The van der Waals surface area contributed by atoms with Gasteiger partial charge in [-0.25, -0.2) is 0 Å². The minimum Gasteiger partial charge on any atom is -0.508 e. The van der Waals surface area contributed by atoms with Crippen LogP contribution in [0, 0.1) is 22.7 Å². The van der Waals surface area contributed by atoms with E-state index in [2.05, 4.69) is 20.8 Å². The average molecular weight is 260 g/mol. The minimum atomic E-state index is 0.169. The third-order valence-corrected chi connectivity index (χ3v) is 6.42. The maximum Gasteiger partial charge on any atom is 0.119 e. The van der Waals surface area contributed by atoms with Crippen LogP contribution in [0.2, 0.25) is 0 Å². The summed E-state index contributed by atoms with van der Waals surface area (Å²) >= 11 is 0. The van der Waals surface area contributed by atoms with Gasteiger partial charge in [0.2, 0.25) is 0 Å². The second-order valence-electron chi connectivity index (χ2n) is 7.37. The molecule has 2 bridgehead atoms. The molecule has 2 saturated carbocycles. The summed E-state index contributed by atoms with van der Waals surface area (Å²) in [4.78, 5) is 0. The summed E-state index contributed by atoms with van der Waals surface area (Å²) in [5, 5.41) is 19.2. The molecule has 0 spiro atoms. The number of fused-ring (bicyclic) bond motifs is 2. The fourth-order valence-electron chi connectivity index (χ4n) is 4.74. The molecule has 104 valence electrons. The summed E-state index contributed by atoms with van der Waals surface area (Å²) in [6.45, 7) is 7.28. The van der Waals surface area contributed by atoms with Crippen molar-refractivity contribution < 1.29 is 10.2 Å². The zero-order chi connectivity index (χ0) is 13.8. The van der Waals surface area contributed by atoms with Crippen LogP contribution in [0.25, 0.3) is 0 Å². The minimum absolute atomic E-state index is 0.169. The molecular formula is C17H24O2. The first-order valence-corrected chi connectivity index (χ1v) is 7.35. The Kier molecular flexibility index (Phi) is 2.64. The molecule has 0 amide bonds. The third kappa shape index (κ3) is 1.76. The number of aromatic hydroxyl groups is 2. The molecule has 0 heterocycles. The normalized spacial score (nSPS) is 35.7. The molecule has 0 aliphatic heterocycles. The van der Waals surface area contributed by atoms with Crippen molar-refractivity contribution in [3.05, 3.63) is 23.8 Å². The largest absolute Gasteiger partial charge is 0.508 e. The van der Waals surface area contributed by atoms with Gasteiger partial charge in [0, 0.05) is 6.07 Å². The maximum absolute atomic E-state index is 9.61. The van der Waals surface area contributed by atoms with E-state index in [0.29, 0.717) is 16.7 Å². The highest BCUT2D eigenvalue weighted by atomic mass is 16.3. The first kappa shape index (κ1) is 12.8. The number of benzene rings is 1. The van der Waals surface area contributed by atoms with E-state index in [9.17, 15) is 10.2 Å². The summed E-state index contributed by atoms with van der Waals surface area (Å²) in [5.74, 6) is 1.85. The first-order valence-electron chi connectivity index (χ1n) is 7.35. The molecule has 1 aromatic carbocycles. The molecule has 0 aromatic heterocycles. The highest BCUT2D eigenvalue weighted by molar-refractivity contribution is 5.37. The molecule has 19 heavy (non-hydrogen) atoms. The fraction of sp³-hybridized carbons (Fsp3) is 0.647. The van der Waals surface area contributed by atoms with Crippen LogP contribution in [0.4, 0.5) is 0 Å². The van der Waals surface area contributed by atoms with Crippen LogP contribution in [-0.4, -0.2) is 10.2 Å². The predicted octanol–water partition coefficient (Wildman–Crippen LogP) is 4.10. The van der Waals surface area contributed by atoms with E-state index in [-0.39, 0.29) is 11.5 Å². The molecule has 3 rings (SSSR count). The van der Waals surface area contributed by atoms with Crippen molar-refractivity contribution >= 4 is 0 Å². The second-order valence-corrected chi connectivity index (χ2v) is 7.37. The first-order chi connectivity index (χ1) is 8.83. The lowest BCUT2D eigenvalue weighted by atomic mass is 9.65. The van der Waals surface area contributed by atoms with Gasteiger partial charge < -0.3 is 10.2 Å². The van der Waals surface area contributed by atoms with Crippen molar-refractivity contribution in [1.82, 2.24) is 0 Å². The number of phenols is 2. The van der Waals surface area contributed by atoms with E-state index in [1.54, 1.807) is 12.1 Å². The Hall–Kier alpha value is -1.18. The molecule has 0 saturated heterocycles. The number of phenolic OH excluding ortho intramolecular Hbond substituents is 2. The highest BCUT2D eigenvalue weighted by Crippen LogP contribution is 2.68. The van der Waals surface area contributed by atoms with Crippen molar-refractivity contribution in [3.63, 3.8) is 0 Å². The lowest BCUT2D eigenvalue weighted by Gasteiger charge is -2.39. The molecular weight excluding hydrogens is 236 g/mol. The van der Waals surface area contributed by atoms with Crippen molar-refractivity contribution in [3.8, 4) is 11.5 Å². The van der Waals surface area contributed by atoms with Crippen molar-refractivity contribution in [2.75, 3.05) is 0 Å². The maximum atomic E-state index is 9.61. The van der Waals surface area contributed by atoms with Crippen molar-refractivity contribution in [1.29, 1.82) is 0 Å². The van der Waals surface area contributed by atoms with Crippen LogP contribution in [0.3, 0.4) is 0 Å². The van der Waals surface area contributed by atoms with Crippen LogP contribution in [0.15, 0.2) is 18.2 Å². The Morgan fingerprint density at radius 3 is 2.21 bits per heavy atom. The van der Waals surface area contributed by atoms with Crippen LogP contribution < -0.4 is 0 Å². The number of rotatable bonds is 2. The molecule has 2 aliphatic rings. The van der Waals surface area contributed by atoms with E-state index >= 15 is 0 Å². The molecule has 2 heteroatoms. The van der Waals surface area contributed by atoms with Gasteiger partial charge in [-0.3, -0.25) is 0 Å². The SMILES string of the molecule is CC1(C)[C@@H]2CC[C@@]1(C)[C@H](Cc1cc(O)cc(O)c1)C2. The molecule has 3 atom stereocenters. The Balaban J connectivity index is 1.86. The van der Waals surface area contributed by atoms with Crippen LogP contribution in [0.1, 0.15) is 45.6 Å². The zero-order valence-corrected chi connectivity index (χ0v) is 12.1. The van der Waals surface area contributed by atoms with Gasteiger partial charge in [-0.1, -0.05) is 20.8 Å². The van der Waals surface area contributed by atoms with Gasteiger partial charge in [-0.2, -0.15) is 0 Å². The van der Waals surface area contributed by atoms with Gasteiger partial charge >= 0.3 is 0 Å². The van der Waals surface area contributed by atoms with Crippen LogP contribution in [-0.2, 0) is 6.42 Å². The van der Waals surface area contributed by atoms with Gasteiger partial charge in [0.25, 0.3) is 0 Å². The van der Waals surface area contributed by atoms with E-state index < -0.39 is 0 Å². The summed E-state index contributed by atoms with van der Waals surface area (Å²) in [6, 6.07) is 4.99. The lowest BCUT2D eigenvalue weighted by Crippen LogP contribution is -2.33. The standard InChI is InChI=1S/C17H24O2/c1-16(2)12-4-5-17(16,3)13(9-12)6-11-7-14(18)10-15(19)8-11/h7-8,10,12-13,18-19H,4-6,9H2,1-3H3/t12-,13-,17+/m1/s1. The summed E-state index contributed by atoms with van der Waals surface area (Å²) < 4.78 is 0. The Morgan fingerprint density at radius 2 is 1.74 bits per heavy atom. The molecule has 2 N–H and O–H groups in total. The number of hydrogen-bond acceptors (Lipinski definition) is 2. The smallest absolute Gasteiger partial charge is 0.119 e. The van der Waals surface area contributed by atoms with E-state index in [1.807, 2.05) is 0 Å². The van der Waals surface area contributed by atoms with Gasteiger partial charge in [0.05, 0.1) is 0 Å². The Morgan fingerprint density at radius 1 is 1.11 bits per heavy atom. The molecule has 0 unspecified atom stereocenters. The van der Waals surface area contributed by atoms with Crippen molar-refractivity contribution in [2.24, 2.45) is 22.7 Å². The van der Waals surface area contributed by atoms with Gasteiger partial charge in [-0.05, 0) is 66.0 Å². The highest BCUT2D eigenvalue weighted by Gasteiger charge is 2.60. The third-order valence-electron chi connectivity index (χ3n) is 6.42. The number of hydrogen-bond donors (Lipinski definition) is 2. The Bertz CT molecular complexity index is 486. The molecule has 2 fully saturated rings. The average Bonchev–Trinajstić information content (AvgIpc) is 2.60. The van der Waals surface area contributed by atoms with Gasteiger partial charge in [-0.15, -0.1) is 0 Å². The van der Waals surface area contributed by atoms with E-state index in [1.165, 1.54) is 25.3 Å².